The monoisotopic (exact) mass is 370 g/mol. The van der Waals surface area contributed by atoms with E-state index in [4.69, 9.17) is 0 Å². The molecule has 0 bridgehead atoms. The number of anilines is 1. The van der Waals surface area contributed by atoms with Gasteiger partial charge in [0.2, 0.25) is 5.91 Å². The molecule has 27 heavy (non-hydrogen) atoms. The molecule has 0 spiro atoms. The van der Waals surface area contributed by atoms with Gasteiger partial charge in [-0.05, 0) is 30.7 Å². The first kappa shape index (κ1) is 19.8. The van der Waals surface area contributed by atoms with Gasteiger partial charge in [-0.15, -0.1) is 0 Å². The maximum absolute atomic E-state index is 12.4. The molecule has 1 unspecified atom stereocenters. The number of carboxylic acids is 1. The fourth-order valence-electron chi connectivity index (χ4n) is 2.87. The molecule has 3 amide bonds. The second-order valence-corrected chi connectivity index (χ2v) is 5.83. The number of hydrogen-bond donors (Lipinski definition) is 2. The van der Waals surface area contributed by atoms with Gasteiger partial charge in [-0.25, -0.2) is 4.79 Å². The van der Waals surface area contributed by atoms with Gasteiger partial charge >= 0.3 is 5.97 Å². The lowest BCUT2D eigenvalue weighted by Crippen LogP contribution is -2.45. The number of nitrogens with zero attached hydrogens (tertiary/aromatic N) is 1. The van der Waals surface area contributed by atoms with Gasteiger partial charge in [0, 0.05) is 12.1 Å². The second-order valence-electron chi connectivity index (χ2n) is 5.83. The topological polar surface area (TPSA) is 135 Å². The summed E-state index contributed by atoms with van der Waals surface area (Å²) in [6, 6.07) is 13.5. The Bertz CT molecular complexity index is 846. The summed E-state index contributed by atoms with van der Waals surface area (Å²) in [4.78, 5) is 49.2. The van der Waals surface area contributed by atoms with Crippen molar-refractivity contribution in [1.29, 1.82) is 0 Å². The molecule has 0 radical (unpaired) electrons. The Kier molecular flexibility index (Phi) is 6.04. The van der Waals surface area contributed by atoms with E-state index in [9.17, 15) is 24.3 Å². The predicted octanol–water partition coefficient (Wildman–Crippen LogP) is 1.33. The van der Waals surface area contributed by atoms with E-state index in [2.05, 4.69) is 5.32 Å². The Morgan fingerprint density at radius 2 is 1.44 bits per heavy atom. The molecule has 0 aliphatic carbocycles. The molecule has 2 aromatic carbocycles. The van der Waals surface area contributed by atoms with Gasteiger partial charge in [0.15, 0.2) is 0 Å². The Balaban J connectivity index is 0.00000261. The van der Waals surface area contributed by atoms with Crippen molar-refractivity contribution in [3.8, 4) is 0 Å². The summed E-state index contributed by atoms with van der Waals surface area (Å²) in [6.45, 7) is 0. The van der Waals surface area contributed by atoms with Gasteiger partial charge in [-0.3, -0.25) is 19.3 Å². The number of nitrogens with one attached hydrogen (secondary N) is 1. The summed E-state index contributed by atoms with van der Waals surface area (Å²) in [5.41, 5.74) is 0.945. The number of aliphatic carboxylic acids is 1. The number of rotatable bonds is 6. The lowest BCUT2D eigenvalue weighted by molar-refractivity contribution is -0.141. The molecule has 4 N–H and O–H groups in total. The molecule has 0 saturated carbocycles. The molecule has 3 rings (SSSR count). The van der Waals surface area contributed by atoms with Crippen molar-refractivity contribution in [2.24, 2.45) is 0 Å². The number of carbonyl (C=O) groups is 4. The van der Waals surface area contributed by atoms with E-state index in [1.54, 1.807) is 42.5 Å². The Labute approximate surface area is 154 Å². The smallest absolute Gasteiger partial charge is 0.326 e. The molecule has 0 fully saturated rings. The highest BCUT2D eigenvalue weighted by atomic mass is 16.4. The zero-order valence-electron chi connectivity index (χ0n) is 14.2. The van der Waals surface area contributed by atoms with Crippen LogP contribution in [-0.2, 0) is 9.59 Å². The normalized spacial score (nSPS) is 13.6. The number of benzene rings is 2. The molecule has 8 heteroatoms. The SMILES string of the molecule is O.O=C(CCC(C(=O)O)N1C(=O)c2ccccc2C1=O)Nc1ccccc1. The van der Waals surface area contributed by atoms with Crippen molar-refractivity contribution in [3.05, 3.63) is 65.7 Å². The van der Waals surface area contributed by atoms with Gasteiger partial charge in [-0.1, -0.05) is 30.3 Å². The van der Waals surface area contributed by atoms with Crippen LogP contribution in [-0.4, -0.2) is 45.2 Å². The Morgan fingerprint density at radius 3 is 1.96 bits per heavy atom. The number of imide groups is 1. The van der Waals surface area contributed by atoms with Crippen LogP contribution < -0.4 is 5.32 Å². The van der Waals surface area contributed by atoms with E-state index < -0.39 is 23.8 Å². The molecule has 140 valence electrons. The summed E-state index contributed by atoms with van der Waals surface area (Å²) in [6.07, 6.45) is -0.307. The summed E-state index contributed by atoms with van der Waals surface area (Å²) < 4.78 is 0. The van der Waals surface area contributed by atoms with Gasteiger partial charge in [0.1, 0.15) is 6.04 Å². The highest BCUT2D eigenvalue weighted by molar-refractivity contribution is 6.22. The average molecular weight is 370 g/mol. The summed E-state index contributed by atoms with van der Waals surface area (Å²) in [5.74, 6) is -3.02. The molecule has 1 aliphatic heterocycles. The van der Waals surface area contributed by atoms with Crippen LogP contribution >= 0.6 is 0 Å². The van der Waals surface area contributed by atoms with Crippen LogP contribution in [0.25, 0.3) is 0 Å². The molecule has 2 aromatic rings. The molecular formula is C19H18N2O6. The van der Waals surface area contributed by atoms with E-state index in [1.165, 1.54) is 12.1 Å². The van der Waals surface area contributed by atoms with Crippen LogP contribution in [0.3, 0.4) is 0 Å². The number of carbonyl (C=O) groups excluding carboxylic acids is 3. The van der Waals surface area contributed by atoms with E-state index in [-0.39, 0.29) is 35.4 Å². The van der Waals surface area contributed by atoms with Crippen LogP contribution in [0.1, 0.15) is 33.6 Å². The summed E-state index contributed by atoms with van der Waals surface area (Å²) in [7, 11) is 0. The number of fused-ring (bicyclic) bond motifs is 1. The zero-order chi connectivity index (χ0) is 18.7. The lowest BCUT2D eigenvalue weighted by atomic mass is 10.1. The Morgan fingerprint density at radius 1 is 0.926 bits per heavy atom. The van der Waals surface area contributed by atoms with Crippen molar-refractivity contribution in [3.63, 3.8) is 0 Å². The van der Waals surface area contributed by atoms with Crippen molar-refractivity contribution in [1.82, 2.24) is 4.90 Å². The molecule has 1 heterocycles. The highest BCUT2D eigenvalue weighted by Gasteiger charge is 2.42. The molecule has 0 aromatic heterocycles. The van der Waals surface area contributed by atoms with Crippen molar-refractivity contribution >= 4 is 29.4 Å². The fraction of sp³-hybridized carbons (Fsp3) is 0.158. The number of hydrogen-bond acceptors (Lipinski definition) is 4. The lowest BCUT2D eigenvalue weighted by Gasteiger charge is -2.22. The highest BCUT2D eigenvalue weighted by Crippen LogP contribution is 2.26. The molecule has 1 atom stereocenters. The first-order chi connectivity index (χ1) is 12.5. The summed E-state index contributed by atoms with van der Waals surface area (Å²) >= 11 is 0. The average Bonchev–Trinajstić information content (AvgIpc) is 2.88. The van der Waals surface area contributed by atoms with E-state index >= 15 is 0 Å². The number of carboxylic acid groups (broad SMARTS) is 1. The predicted molar refractivity (Wildman–Crippen MR) is 96.3 cm³/mol. The van der Waals surface area contributed by atoms with Crippen LogP contribution in [0.15, 0.2) is 54.6 Å². The van der Waals surface area contributed by atoms with Crippen molar-refractivity contribution < 1.29 is 29.8 Å². The maximum Gasteiger partial charge on any atom is 0.326 e. The third-order valence-electron chi connectivity index (χ3n) is 4.12. The van der Waals surface area contributed by atoms with Crippen LogP contribution in [0, 0.1) is 0 Å². The number of amides is 3. The number of para-hydroxylation sites is 1. The largest absolute Gasteiger partial charge is 0.480 e. The quantitative estimate of drug-likeness (QED) is 0.740. The first-order valence-corrected chi connectivity index (χ1v) is 8.03. The molecule has 1 aliphatic rings. The minimum atomic E-state index is -1.40. The summed E-state index contributed by atoms with van der Waals surface area (Å²) in [5, 5.41) is 12.1. The van der Waals surface area contributed by atoms with Gasteiger partial charge in [0.25, 0.3) is 11.8 Å². The minimum Gasteiger partial charge on any atom is -0.480 e. The van der Waals surface area contributed by atoms with Crippen LogP contribution in [0.2, 0.25) is 0 Å². The van der Waals surface area contributed by atoms with Gasteiger partial charge in [-0.2, -0.15) is 0 Å². The first-order valence-electron chi connectivity index (χ1n) is 8.03. The van der Waals surface area contributed by atoms with E-state index in [0.717, 1.165) is 4.90 Å². The van der Waals surface area contributed by atoms with Crippen LogP contribution in [0.4, 0.5) is 5.69 Å². The molecular weight excluding hydrogens is 352 g/mol. The van der Waals surface area contributed by atoms with Crippen LogP contribution in [0.5, 0.6) is 0 Å². The second kappa shape index (κ2) is 8.24. The molecule has 0 saturated heterocycles. The fourth-order valence-corrected chi connectivity index (χ4v) is 2.87. The third kappa shape index (κ3) is 4.01. The van der Waals surface area contributed by atoms with Gasteiger partial charge < -0.3 is 15.9 Å². The van der Waals surface area contributed by atoms with E-state index in [1.807, 2.05) is 0 Å². The van der Waals surface area contributed by atoms with E-state index in [0.29, 0.717) is 5.69 Å². The Hall–Kier alpha value is -3.52. The van der Waals surface area contributed by atoms with Crippen molar-refractivity contribution in [2.75, 3.05) is 5.32 Å². The minimum absolute atomic E-state index is 0. The third-order valence-corrected chi connectivity index (χ3v) is 4.12. The standard InChI is InChI=1S/C19H16N2O5.H2O/c22-16(20-12-6-2-1-3-7-12)11-10-15(19(25)26)21-17(23)13-8-4-5-9-14(13)18(21)24;/h1-9,15H,10-11H2,(H,20,22)(H,25,26);1H2. The maximum atomic E-state index is 12.4. The molecule has 8 nitrogen and oxygen atoms in total. The van der Waals surface area contributed by atoms with Gasteiger partial charge in [0.05, 0.1) is 11.1 Å². The van der Waals surface area contributed by atoms with Crippen molar-refractivity contribution in [2.45, 2.75) is 18.9 Å². The zero-order valence-corrected chi connectivity index (χ0v) is 14.2.